The first-order valence-corrected chi connectivity index (χ1v) is 21.8. The molecule has 0 spiro atoms. The van der Waals surface area contributed by atoms with Gasteiger partial charge in [-0.25, -0.2) is 19.6 Å². The van der Waals surface area contributed by atoms with Gasteiger partial charge in [0.25, 0.3) is 0 Å². The molecule has 2 fully saturated rings. The summed E-state index contributed by atoms with van der Waals surface area (Å²) in [5.74, 6) is 0.946. The number of aromatic nitrogens is 4. The molecule has 2 saturated heterocycles. The summed E-state index contributed by atoms with van der Waals surface area (Å²) < 4.78 is 21.5. The molecular weight excluding hydrogens is 805 g/mol. The van der Waals surface area contributed by atoms with Crippen molar-refractivity contribution >= 4 is 52.0 Å². The summed E-state index contributed by atoms with van der Waals surface area (Å²) in [4.78, 5) is 76.7. The molecule has 0 aliphatic carbocycles. The van der Waals surface area contributed by atoms with Crippen molar-refractivity contribution in [3.63, 3.8) is 0 Å². The highest BCUT2D eigenvalue weighted by Crippen LogP contribution is 2.44. The summed E-state index contributed by atoms with van der Waals surface area (Å²) in [5.41, 5.74) is 6.52. The van der Waals surface area contributed by atoms with Gasteiger partial charge in [-0.3, -0.25) is 9.59 Å². The van der Waals surface area contributed by atoms with Gasteiger partial charge in [-0.2, -0.15) is 4.99 Å². The molecule has 5 aromatic rings. The number of methoxy groups -OCH3 is 3. The summed E-state index contributed by atoms with van der Waals surface area (Å²) in [7, 11) is 4.07. The normalized spacial score (nSPS) is 21.5. The SMILES string of the molecule is CCC(C)C(NC(=O)OC)C(=O)N1C(C)CCC1c1ncc(-c2ccc3c(c2)COc2cc4c(ccc5[nH]c(C6CCC(C)N6C(=O)C(C=NC(=O)OC)C(C)OC)nc54)cc2-3)[nH]1. The van der Waals surface area contributed by atoms with Crippen LogP contribution in [0.3, 0.4) is 0 Å². The molecule has 2 aromatic heterocycles. The second-order valence-corrected chi connectivity index (χ2v) is 17.1. The number of imidazole rings is 2. The van der Waals surface area contributed by atoms with E-state index in [1.807, 2.05) is 49.8 Å². The van der Waals surface area contributed by atoms with Gasteiger partial charge in [-0.1, -0.05) is 38.5 Å². The Kier molecular flexibility index (Phi) is 12.3. The molecule has 8 unspecified atom stereocenters. The molecule has 16 heteroatoms. The van der Waals surface area contributed by atoms with E-state index in [-0.39, 0.29) is 41.9 Å². The molecule has 3 aliphatic rings. The molecular formula is C47H56N8O8. The van der Waals surface area contributed by atoms with E-state index in [1.165, 1.54) is 27.5 Å². The Bertz CT molecular complexity index is 2580. The van der Waals surface area contributed by atoms with Crippen molar-refractivity contribution in [2.75, 3.05) is 21.3 Å². The van der Waals surface area contributed by atoms with Gasteiger partial charge >= 0.3 is 12.2 Å². The van der Waals surface area contributed by atoms with Gasteiger partial charge < -0.3 is 44.0 Å². The number of likely N-dealkylation sites (tertiary alicyclic amines) is 2. The number of aliphatic imine (C=N–C) groups is 1. The van der Waals surface area contributed by atoms with E-state index in [2.05, 4.69) is 61.4 Å². The highest BCUT2D eigenvalue weighted by Gasteiger charge is 2.43. The van der Waals surface area contributed by atoms with Crippen molar-refractivity contribution in [1.29, 1.82) is 0 Å². The lowest BCUT2D eigenvalue weighted by Crippen LogP contribution is -2.53. The Labute approximate surface area is 366 Å². The molecule has 0 bridgehead atoms. The zero-order valence-corrected chi connectivity index (χ0v) is 37.1. The predicted octanol–water partition coefficient (Wildman–Crippen LogP) is 8.03. The van der Waals surface area contributed by atoms with Crippen LogP contribution in [0.15, 0.2) is 53.7 Å². The second-order valence-electron chi connectivity index (χ2n) is 17.1. The van der Waals surface area contributed by atoms with Gasteiger partial charge in [0, 0.05) is 36.4 Å². The molecule has 4 amide bonds. The van der Waals surface area contributed by atoms with E-state index >= 15 is 0 Å². The maximum absolute atomic E-state index is 14.1. The average molecular weight is 861 g/mol. The van der Waals surface area contributed by atoms with Gasteiger partial charge in [-0.15, -0.1) is 0 Å². The van der Waals surface area contributed by atoms with Crippen LogP contribution >= 0.6 is 0 Å². The summed E-state index contributed by atoms with van der Waals surface area (Å²) in [6.07, 6.45) is 5.00. The molecule has 8 rings (SSSR count). The number of hydrogen-bond acceptors (Lipinski definition) is 10. The van der Waals surface area contributed by atoms with Gasteiger partial charge in [-0.05, 0) is 98.7 Å². The zero-order valence-electron chi connectivity index (χ0n) is 37.1. The molecule has 3 N–H and O–H groups in total. The molecule has 8 atom stereocenters. The van der Waals surface area contributed by atoms with Crippen LogP contribution in [0.25, 0.3) is 44.2 Å². The minimum atomic E-state index is -0.794. The third-order valence-corrected chi connectivity index (χ3v) is 13.4. The fraction of sp³-hybridized carbons (Fsp3) is 0.468. The van der Waals surface area contributed by atoms with E-state index in [0.717, 1.165) is 87.6 Å². The number of amides is 4. The van der Waals surface area contributed by atoms with Crippen molar-refractivity contribution < 1.29 is 38.1 Å². The quantitative estimate of drug-likeness (QED) is 0.110. The largest absolute Gasteiger partial charge is 0.488 e. The van der Waals surface area contributed by atoms with Crippen molar-refractivity contribution in [3.8, 4) is 28.1 Å². The number of nitrogens with zero attached hydrogens (tertiary/aromatic N) is 5. The standard InChI is InChI=1S/C47H56N8O8/c1-9-24(2)40(53-47(59)62-8)45(57)55-26(4)10-16-37(55)42-48-22-36(51-42)29-12-14-31-30(18-29)23-63-39-20-32-28(19-33(31)39)13-15-35-41(32)52-43(50-35)38-17-11-25(3)54(38)44(56)34(27(5)60-6)21-49-46(58)61-7/h12-15,18-22,24-27,34,37-38,40H,9-11,16-17,23H2,1-8H3,(H,48,51)(H,50,52)(H,53,59). The molecule has 332 valence electrons. The van der Waals surface area contributed by atoms with Crippen LogP contribution in [0, 0.1) is 11.8 Å². The van der Waals surface area contributed by atoms with Gasteiger partial charge in [0.05, 0.1) is 61.2 Å². The number of alkyl carbamates (subject to hydrolysis) is 1. The van der Waals surface area contributed by atoms with Crippen molar-refractivity contribution in [3.05, 3.63) is 65.9 Å². The molecule has 0 saturated carbocycles. The van der Waals surface area contributed by atoms with Crippen LogP contribution in [0.5, 0.6) is 5.75 Å². The minimum Gasteiger partial charge on any atom is -0.488 e. The summed E-state index contributed by atoms with van der Waals surface area (Å²) in [6.45, 7) is 10.2. The monoisotopic (exact) mass is 860 g/mol. The lowest BCUT2D eigenvalue weighted by molar-refractivity contribution is -0.139. The summed E-state index contributed by atoms with van der Waals surface area (Å²) in [5, 5.41) is 4.71. The summed E-state index contributed by atoms with van der Waals surface area (Å²) in [6, 6.07) is 13.2. The topological polar surface area (TPSA) is 193 Å². The number of H-pyrrole nitrogens is 2. The first kappa shape index (κ1) is 43.4. The fourth-order valence-electron chi connectivity index (χ4n) is 9.46. The Morgan fingerprint density at radius 2 is 1.63 bits per heavy atom. The van der Waals surface area contributed by atoms with E-state index in [9.17, 15) is 19.2 Å². The van der Waals surface area contributed by atoms with Crippen LogP contribution < -0.4 is 10.1 Å². The number of nitrogens with one attached hydrogen (secondary N) is 3. The molecule has 3 aromatic carbocycles. The third-order valence-electron chi connectivity index (χ3n) is 13.4. The zero-order chi connectivity index (χ0) is 44.7. The van der Waals surface area contributed by atoms with Crippen LogP contribution in [0.1, 0.15) is 96.0 Å². The molecule has 16 nitrogen and oxygen atoms in total. The van der Waals surface area contributed by atoms with Gasteiger partial charge in [0.1, 0.15) is 30.0 Å². The number of benzene rings is 3. The fourth-order valence-corrected chi connectivity index (χ4v) is 9.46. The Balaban J connectivity index is 1.04. The molecule has 5 heterocycles. The number of fused-ring (bicyclic) bond motifs is 6. The number of rotatable bonds is 11. The Morgan fingerprint density at radius 3 is 2.33 bits per heavy atom. The predicted molar refractivity (Wildman–Crippen MR) is 237 cm³/mol. The third kappa shape index (κ3) is 8.12. The number of carbonyl (C=O) groups excluding carboxylic acids is 4. The molecule has 63 heavy (non-hydrogen) atoms. The first-order chi connectivity index (χ1) is 30.3. The van der Waals surface area contributed by atoms with Crippen LogP contribution in [-0.4, -0.2) is 106 Å². The Hall–Kier alpha value is -6.29. The van der Waals surface area contributed by atoms with Crippen LogP contribution in [0.4, 0.5) is 9.59 Å². The van der Waals surface area contributed by atoms with Gasteiger partial charge in [0.2, 0.25) is 11.8 Å². The minimum absolute atomic E-state index is 0.0204. The van der Waals surface area contributed by atoms with Gasteiger partial charge in [0.15, 0.2) is 0 Å². The van der Waals surface area contributed by atoms with E-state index < -0.39 is 30.3 Å². The highest BCUT2D eigenvalue weighted by molar-refractivity contribution is 6.07. The molecule has 3 aliphatic heterocycles. The maximum atomic E-state index is 14.1. The Morgan fingerprint density at radius 1 is 0.905 bits per heavy atom. The van der Waals surface area contributed by atoms with E-state index in [4.69, 9.17) is 24.2 Å². The maximum Gasteiger partial charge on any atom is 0.432 e. The van der Waals surface area contributed by atoms with Crippen molar-refractivity contribution in [2.45, 2.75) is 110 Å². The van der Waals surface area contributed by atoms with E-state index in [0.29, 0.717) is 18.3 Å². The smallest absolute Gasteiger partial charge is 0.432 e. The number of aromatic amines is 2. The average Bonchev–Trinajstić information content (AvgIpc) is 4.12. The van der Waals surface area contributed by atoms with Crippen molar-refractivity contribution in [2.24, 2.45) is 16.8 Å². The van der Waals surface area contributed by atoms with Crippen LogP contribution in [0.2, 0.25) is 0 Å². The number of carbonyl (C=O) groups is 4. The lowest BCUT2D eigenvalue weighted by atomic mass is 9.92. The number of ether oxygens (including phenoxy) is 4. The second kappa shape index (κ2) is 17.8. The lowest BCUT2D eigenvalue weighted by Gasteiger charge is -2.33. The van der Waals surface area contributed by atoms with Crippen LogP contribution in [-0.2, 0) is 30.4 Å². The number of hydrogen-bond donors (Lipinski definition) is 3. The highest BCUT2D eigenvalue weighted by atomic mass is 16.5. The van der Waals surface area contributed by atoms with Crippen molar-refractivity contribution in [1.82, 2.24) is 35.1 Å². The van der Waals surface area contributed by atoms with E-state index in [1.54, 1.807) is 6.92 Å². The summed E-state index contributed by atoms with van der Waals surface area (Å²) >= 11 is 0. The first-order valence-electron chi connectivity index (χ1n) is 21.8. The molecule has 0 radical (unpaired) electrons.